The van der Waals surface area contributed by atoms with E-state index in [0.29, 0.717) is 11.4 Å². The Labute approximate surface area is 163 Å². The third-order valence-corrected chi connectivity index (χ3v) is 4.91. The van der Waals surface area contributed by atoms with Crippen molar-refractivity contribution < 1.29 is 19.8 Å². The number of H-pyrrole nitrogens is 1. The summed E-state index contributed by atoms with van der Waals surface area (Å²) >= 11 is 0. The number of rotatable bonds is 1. The highest BCUT2D eigenvalue weighted by Gasteiger charge is 2.49. The number of allylic oxidation sites excluding steroid dienone is 2. The molecule has 0 aromatic carbocycles. The molecule has 0 saturated heterocycles. The van der Waals surface area contributed by atoms with Crippen LogP contribution in [0.4, 0.5) is 0 Å². The third kappa shape index (κ3) is 2.66. The number of hydrogen-bond donors (Lipinski definition) is 3. The predicted molar refractivity (Wildman–Crippen MR) is 105 cm³/mol. The molecule has 1 aliphatic carbocycles. The number of hydrazine groups is 1. The fraction of sp³-hybridized carbons (Fsp3) is 0.500. The Balaban J connectivity index is 2.16. The second-order valence-electron chi connectivity index (χ2n) is 9.27. The zero-order valence-electron chi connectivity index (χ0n) is 17.6. The summed E-state index contributed by atoms with van der Waals surface area (Å²) in [5.41, 5.74) is -0.204. The minimum atomic E-state index is -0.507. The maximum Gasteiger partial charge on any atom is 0.315 e. The summed E-state index contributed by atoms with van der Waals surface area (Å²) < 4.78 is 1.43. The van der Waals surface area contributed by atoms with E-state index in [0.717, 1.165) is 0 Å². The second-order valence-corrected chi connectivity index (χ2v) is 9.27. The van der Waals surface area contributed by atoms with Gasteiger partial charge in [-0.15, -0.1) is 10.1 Å². The Hall–Kier alpha value is -2.90. The van der Waals surface area contributed by atoms with Gasteiger partial charge in [-0.25, -0.2) is 4.68 Å². The highest BCUT2D eigenvalue weighted by atomic mass is 16.3. The summed E-state index contributed by atoms with van der Waals surface area (Å²) in [4.78, 5) is 38.6. The molecule has 2 heterocycles. The first-order chi connectivity index (χ1) is 12.7. The van der Waals surface area contributed by atoms with Crippen LogP contribution < -0.4 is 10.7 Å². The van der Waals surface area contributed by atoms with Gasteiger partial charge >= 0.3 is 5.91 Å². The molecule has 8 nitrogen and oxygen atoms in total. The van der Waals surface area contributed by atoms with E-state index >= 15 is 0 Å². The van der Waals surface area contributed by atoms with Gasteiger partial charge in [0.25, 0.3) is 5.56 Å². The fourth-order valence-electron chi connectivity index (χ4n) is 3.49. The van der Waals surface area contributed by atoms with Gasteiger partial charge in [0.15, 0.2) is 0 Å². The third-order valence-electron chi connectivity index (χ3n) is 4.91. The number of amides is 1. The molecule has 0 spiro atoms. The van der Waals surface area contributed by atoms with Crippen LogP contribution in [0.2, 0.25) is 0 Å². The Bertz CT molecular complexity index is 1070. The van der Waals surface area contributed by atoms with Crippen molar-refractivity contribution in [2.24, 2.45) is 0 Å². The van der Waals surface area contributed by atoms with E-state index in [1.165, 1.54) is 9.69 Å². The lowest BCUT2D eigenvalue weighted by atomic mass is 9.80. The average Bonchev–Trinajstić information content (AvgIpc) is 2.99. The number of nitrogens with one attached hydrogen (secondary N) is 2. The zero-order valence-corrected chi connectivity index (χ0v) is 17.6. The highest BCUT2D eigenvalue weighted by Crippen LogP contribution is 2.38. The van der Waals surface area contributed by atoms with Crippen LogP contribution >= 0.6 is 0 Å². The smallest absolute Gasteiger partial charge is 0.315 e. The van der Waals surface area contributed by atoms with E-state index in [1.54, 1.807) is 13.8 Å². The van der Waals surface area contributed by atoms with Crippen molar-refractivity contribution in [2.75, 3.05) is 0 Å². The topological polar surface area (TPSA) is 109 Å². The molecule has 1 aromatic rings. The molecule has 1 aliphatic heterocycles. The molecule has 0 atom stereocenters. The van der Waals surface area contributed by atoms with Crippen molar-refractivity contribution in [3.05, 3.63) is 38.5 Å². The number of aryl methyl sites for hydroxylation is 1. The molecule has 0 unspecified atom stereocenters. The molecule has 0 radical (unpaired) electrons. The summed E-state index contributed by atoms with van der Waals surface area (Å²) in [7, 11) is 0. The number of ketones is 1. The molecule has 1 amide bonds. The van der Waals surface area contributed by atoms with Gasteiger partial charge < -0.3 is 5.11 Å². The fourth-order valence-corrected chi connectivity index (χ4v) is 3.49. The van der Waals surface area contributed by atoms with Gasteiger partial charge in [-0.2, -0.15) is 0 Å². The van der Waals surface area contributed by atoms with Crippen LogP contribution in [0.15, 0.2) is 21.7 Å². The van der Waals surface area contributed by atoms with Crippen LogP contribution in [0, 0.1) is 6.92 Å². The maximum absolute atomic E-state index is 12.9. The van der Waals surface area contributed by atoms with E-state index < -0.39 is 16.9 Å². The number of aromatic nitrogens is 2. The number of carbonyl (C=O) groups is 2. The van der Waals surface area contributed by atoms with Crippen LogP contribution in [-0.2, 0) is 15.1 Å². The first-order valence-electron chi connectivity index (χ1n) is 9.18. The van der Waals surface area contributed by atoms with Crippen LogP contribution in [0.3, 0.4) is 0 Å². The molecule has 2 aliphatic rings. The molecule has 1 aromatic heterocycles. The van der Waals surface area contributed by atoms with Gasteiger partial charge in [0.1, 0.15) is 11.3 Å². The molecular formula is C20H27N4O4+. The van der Waals surface area contributed by atoms with E-state index in [2.05, 4.69) is 10.2 Å². The minimum absolute atomic E-state index is 0.0425. The van der Waals surface area contributed by atoms with Crippen molar-refractivity contribution in [3.63, 3.8) is 0 Å². The average molecular weight is 387 g/mol. The zero-order chi connectivity index (χ0) is 21.3. The lowest BCUT2D eigenvalue weighted by molar-refractivity contribution is -0.634. The number of nitrogens with zero attached hydrogens (tertiary/aromatic N) is 2. The second kappa shape index (κ2) is 5.80. The summed E-state index contributed by atoms with van der Waals surface area (Å²) in [5.74, 6) is -1.19. The van der Waals surface area contributed by atoms with Crippen LogP contribution in [0.25, 0.3) is 5.57 Å². The quantitative estimate of drug-likeness (QED) is 0.609. The Morgan fingerprint density at radius 3 is 1.86 bits per heavy atom. The number of aromatic amines is 1. The van der Waals surface area contributed by atoms with E-state index in [1.807, 2.05) is 41.5 Å². The van der Waals surface area contributed by atoms with Crippen molar-refractivity contribution in [2.45, 2.75) is 66.5 Å². The maximum atomic E-state index is 12.9. The SMILES string of the molecule is CC1=[NH+]N(C(C)(C)C)C(=O)C1=C1C(=O)C(c2c(C)[nH]n(C(C)(C)C)c2=O)=C1O. The largest absolute Gasteiger partial charge is 0.506 e. The molecule has 0 fully saturated rings. The predicted octanol–water partition coefficient (Wildman–Crippen LogP) is 0.485. The van der Waals surface area contributed by atoms with Gasteiger partial charge in [-0.05, 0) is 48.5 Å². The van der Waals surface area contributed by atoms with Crippen molar-refractivity contribution in [3.8, 4) is 0 Å². The van der Waals surface area contributed by atoms with Crippen molar-refractivity contribution in [1.29, 1.82) is 0 Å². The summed E-state index contributed by atoms with van der Waals surface area (Å²) in [6.07, 6.45) is 0. The number of hydrazone groups is 1. The van der Waals surface area contributed by atoms with Gasteiger partial charge in [-0.3, -0.25) is 19.5 Å². The summed E-state index contributed by atoms with van der Waals surface area (Å²) in [6, 6.07) is 0. The lowest BCUT2D eigenvalue weighted by Crippen LogP contribution is -2.84. The molecule has 8 heteroatoms. The monoisotopic (exact) mass is 387 g/mol. The Morgan fingerprint density at radius 2 is 1.46 bits per heavy atom. The number of aliphatic hydroxyl groups excluding tert-OH is 1. The van der Waals surface area contributed by atoms with E-state index in [9.17, 15) is 19.5 Å². The molecular weight excluding hydrogens is 360 g/mol. The Morgan fingerprint density at radius 1 is 0.893 bits per heavy atom. The normalized spacial score (nSPS) is 20.9. The number of hydrogen-bond acceptors (Lipinski definition) is 4. The van der Waals surface area contributed by atoms with E-state index in [4.69, 9.17) is 0 Å². The number of aliphatic hydroxyl groups is 1. The van der Waals surface area contributed by atoms with Gasteiger partial charge in [0, 0.05) is 12.6 Å². The summed E-state index contributed by atoms with van der Waals surface area (Å²) in [5, 5.41) is 18.0. The Kier molecular flexibility index (Phi) is 4.11. The van der Waals surface area contributed by atoms with Gasteiger partial charge in [0.05, 0.1) is 27.8 Å². The highest BCUT2D eigenvalue weighted by molar-refractivity contribution is 6.43. The molecule has 28 heavy (non-hydrogen) atoms. The number of Topliss-reactive ketones (excluding diaryl/α,β-unsaturated/α-hetero) is 1. The molecule has 3 N–H and O–H groups in total. The first-order valence-corrected chi connectivity index (χ1v) is 9.18. The van der Waals surface area contributed by atoms with Crippen LogP contribution in [0.1, 0.15) is 59.7 Å². The molecule has 150 valence electrons. The molecule has 3 rings (SSSR count). The van der Waals surface area contributed by atoms with Gasteiger partial charge in [-0.1, -0.05) is 0 Å². The number of carbonyl (C=O) groups excluding carboxylic acids is 2. The lowest BCUT2D eigenvalue weighted by Gasteiger charge is -2.24. The summed E-state index contributed by atoms with van der Waals surface area (Å²) in [6.45, 7) is 14.5. The molecule has 0 saturated carbocycles. The van der Waals surface area contributed by atoms with Crippen LogP contribution in [-0.4, -0.2) is 42.8 Å². The van der Waals surface area contributed by atoms with E-state index in [-0.39, 0.29) is 39.5 Å². The van der Waals surface area contributed by atoms with Crippen LogP contribution in [0.5, 0.6) is 0 Å². The molecule has 0 bridgehead atoms. The minimum Gasteiger partial charge on any atom is -0.506 e. The first kappa shape index (κ1) is 19.9. The standard InChI is InChI=1S/C20H26N4O4/c1-9-11(17(27)23(21-9)19(3,4)5)13-15(25)14(16(13)26)12-10(2)22-24(18(12)28)20(6,7)8/h21,25H,1-8H3/p+1. The van der Waals surface area contributed by atoms with Crippen molar-refractivity contribution >= 4 is 23.0 Å². The van der Waals surface area contributed by atoms with Crippen molar-refractivity contribution in [1.82, 2.24) is 14.8 Å². The van der Waals surface area contributed by atoms with Gasteiger partial charge in [0.2, 0.25) is 11.5 Å².